The first-order valence-corrected chi connectivity index (χ1v) is 10.6. The first-order chi connectivity index (χ1) is 12.0. The molecule has 156 valence electrons. The number of nitrogens with zero attached hydrogens (tertiary/aromatic N) is 1. The fourth-order valence-corrected chi connectivity index (χ4v) is 3.12. The summed E-state index contributed by atoms with van der Waals surface area (Å²) >= 11 is 0. The molecule has 0 aromatic heterocycles. The number of ether oxygens (including phenoxy) is 1. The van der Waals surface area contributed by atoms with Gasteiger partial charge in [-0.05, 0) is 12.8 Å². The molecule has 0 atom stereocenters. The van der Waals surface area contributed by atoms with E-state index in [0.29, 0.717) is 6.61 Å². The van der Waals surface area contributed by atoms with Gasteiger partial charge in [0.1, 0.15) is 13.2 Å². The van der Waals surface area contributed by atoms with Crippen LogP contribution < -0.4 is 17.0 Å². The quantitative estimate of drug-likeness (QED) is 0.144. The zero-order valence-corrected chi connectivity index (χ0v) is 19.3. The highest BCUT2D eigenvalue weighted by atomic mass is 79.9. The molecule has 0 N–H and O–H groups in total. The Balaban J connectivity index is 0. The normalized spacial score (nSPS) is 11.0. The van der Waals surface area contributed by atoms with E-state index in [1.54, 1.807) is 0 Å². The van der Waals surface area contributed by atoms with Crippen LogP contribution in [-0.4, -0.2) is 44.2 Å². The van der Waals surface area contributed by atoms with E-state index in [1.165, 1.54) is 89.5 Å². The molecule has 0 aromatic carbocycles. The molecule has 0 spiro atoms. The number of quaternary nitrogens is 1. The number of rotatable bonds is 18. The molecule has 0 aliphatic heterocycles. The maximum absolute atomic E-state index is 11.0. The van der Waals surface area contributed by atoms with E-state index in [0.717, 1.165) is 17.6 Å². The van der Waals surface area contributed by atoms with Crippen LogP contribution in [0.5, 0.6) is 0 Å². The van der Waals surface area contributed by atoms with Crippen LogP contribution in [-0.2, 0) is 9.53 Å². The molecule has 0 saturated heterocycles. The van der Waals surface area contributed by atoms with Gasteiger partial charge in [0.05, 0.1) is 20.6 Å². The van der Waals surface area contributed by atoms with Crippen LogP contribution in [0, 0.1) is 0 Å². The van der Waals surface area contributed by atoms with Crippen LogP contribution in [0.2, 0.25) is 0 Å². The number of unbranched alkanes of at least 4 members (excludes halogenated alkanes) is 12. The Morgan fingerprint density at radius 1 is 0.808 bits per heavy atom. The first kappa shape index (κ1) is 27.9. The Hall–Kier alpha value is -0.350. The molecule has 0 bridgehead atoms. The van der Waals surface area contributed by atoms with E-state index in [9.17, 15) is 4.79 Å². The van der Waals surface area contributed by atoms with E-state index < -0.39 is 0 Å². The zero-order chi connectivity index (χ0) is 18.8. The van der Waals surface area contributed by atoms with E-state index in [-0.39, 0.29) is 23.0 Å². The summed E-state index contributed by atoms with van der Waals surface area (Å²) in [6, 6.07) is 0. The second-order valence-corrected chi connectivity index (χ2v) is 8.00. The highest BCUT2D eigenvalue weighted by Crippen LogP contribution is 2.13. The summed E-state index contributed by atoms with van der Waals surface area (Å²) in [5.41, 5.74) is 0. The third-order valence-electron chi connectivity index (χ3n) is 4.97. The van der Waals surface area contributed by atoms with Gasteiger partial charge in [0.25, 0.3) is 0 Å². The van der Waals surface area contributed by atoms with Crippen molar-refractivity contribution in [3.05, 3.63) is 12.7 Å². The maximum atomic E-state index is 11.0. The second kappa shape index (κ2) is 19.4. The molecule has 4 heteroatoms. The number of hydrogen-bond donors (Lipinski definition) is 0. The molecule has 0 unspecified atom stereocenters. The van der Waals surface area contributed by atoms with E-state index >= 15 is 0 Å². The molecule has 0 rings (SSSR count). The molecule has 0 radical (unpaired) electrons. The minimum Gasteiger partial charge on any atom is -1.00 e. The molecule has 0 heterocycles. The fourth-order valence-electron chi connectivity index (χ4n) is 3.12. The summed E-state index contributed by atoms with van der Waals surface area (Å²) in [6.07, 6.45) is 19.3. The molecule has 26 heavy (non-hydrogen) atoms. The summed E-state index contributed by atoms with van der Waals surface area (Å²) in [5, 5.41) is 0. The number of carbonyl (C=O) groups excluding carboxylic acids is 1. The summed E-state index contributed by atoms with van der Waals surface area (Å²) in [7, 11) is 4.42. The predicted molar refractivity (Wildman–Crippen MR) is 109 cm³/mol. The smallest absolute Gasteiger partial charge is 0.330 e. The summed E-state index contributed by atoms with van der Waals surface area (Å²) < 4.78 is 5.99. The number of likely N-dealkylation sites (N-methyl/N-ethyl adjacent to an activating group) is 1. The standard InChI is InChI=1S/C22H44NO2.BrH/c1-5-7-8-9-10-11-12-13-14-15-16-17-18-19-23(3,4)20-21-25-22(24)6-2;/h6H,2,5,7-21H2,1,3-4H3;1H/q+1;/p-1. The van der Waals surface area contributed by atoms with Crippen molar-refractivity contribution in [2.75, 3.05) is 33.8 Å². The monoisotopic (exact) mass is 433 g/mol. The molecule has 0 aromatic rings. The Kier molecular flexibility index (Phi) is 20.8. The molecule has 0 aliphatic rings. The lowest BCUT2D eigenvalue weighted by Crippen LogP contribution is -3.00. The summed E-state index contributed by atoms with van der Waals surface area (Å²) in [5.74, 6) is -0.319. The van der Waals surface area contributed by atoms with Crippen molar-refractivity contribution in [3.63, 3.8) is 0 Å². The molecular formula is C22H44BrNO2. The van der Waals surface area contributed by atoms with E-state index in [1.807, 2.05) is 0 Å². The maximum Gasteiger partial charge on any atom is 0.330 e. The Morgan fingerprint density at radius 2 is 1.23 bits per heavy atom. The predicted octanol–water partition coefficient (Wildman–Crippen LogP) is 2.89. The SMILES string of the molecule is C=CC(=O)OCC[N+](C)(C)CCCCCCCCCCCCCCC.[Br-]. The van der Waals surface area contributed by atoms with E-state index in [2.05, 4.69) is 27.6 Å². The Bertz CT molecular complexity index is 332. The topological polar surface area (TPSA) is 26.3 Å². The number of hydrogen-bond acceptors (Lipinski definition) is 2. The van der Waals surface area contributed by atoms with Gasteiger partial charge in [-0.3, -0.25) is 0 Å². The second-order valence-electron chi connectivity index (χ2n) is 8.00. The minimum atomic E-state index is -0.319. The minimum absolute atomic E-state index is 0. The molecule has 3 nitrogen and oxygen atoms in total. The molecule has 0 amide bonds. The van der Waals surface area contributed by atoms with Crippen LogP contribution in [0.3, 0.4) is 0 Å². The van der Waals surface area contributed by atoms with Crippen LogP contribution in [0.4, 0.5) is 0 Å². The highest BCUT2D eigenvalue weighted by Gasteiger charge is 2.14. The largest absolute Gasteiger partial charge is 1.00 e. The van der Waals surface area contributed by atoms with Crippen molar-refractivity contribution in [3.8, 4) is 0 Å². The van der Waals surface area contributed by atoms with Crippen molar-refractivity contribution in [2.45, 2.75) is 90.4 Å². The molecule has 0 fully saturated rings. The van der Waals surface area contributed by atoms with Crippen LogP contribution >= 0.6 is 0 Å². The van der Waals surface area contributed by atoms with Gasteiger partial charge in [0.15, 0.2) is 0 Å². The lowest BCUT2D eigenvalue weighted by molar-refractivity contribution is -0.890. The van der Waals surface area contributed by atoms with Crippen LogP contribution in [0.1, 0.15) is 90.4 Å². The van der Waals surface area contributed by atoms with Crippen molar-refractivity contribution in [1.29, 1.82) is 0 Å². The lowest BCUT2D eigenvalue weighted by Gasteiger charge is -2.29. The first-order valence-electron chi connectivity index (χ1n) is 10.6. The number of carbonyl (C=O) groups is 1. The third-order valence-corrected chi connectivity index (χ3v) is 4.97. The molecular weight excluding hydrogens is 390 g/mol. The van der Waals surface area contributed by atoms with Gasteiger partial charge in [-0.2, -0.15) is 0 Å². The van der Waals surface area contributed by atoms with Crippen LogP contribution in [0.15, 0.2) is 12.7 Å². The van der Waals surface area contributed by atoms with Crippen molar-refractivity contribution >= 4 is 5.97 Å². The summed E-state index contributed by atoms with van der Waals surface area (Å²) in [4.78, 5) is 11.0. The molecule has 0 saturated carbocycles. The highest BCUT2D eigenvalue weighted by molar-refractivity contribution is 5.81. The van der Waals surface area contributed by atoms with E-state index in [4.69, 9.17) is 4.74 Å². The van der Waals surface area contributed by atoms with Gasteiger partial charge < -0.3 is 26.2 Å². The van der Waals surface area contributed by atoms with Gasteiger partial charge in [0, 0.05) is 6.08 Å². The van der Waals surface area contributed by atoms with Gasteiger partial charge in [-0.25, -0.2) is 4.79 Å². The van der Waals surface area contributed by atoms with Crippen molar-refractivity contribution < 1.29 is 31.0 Å². The Morgan fingerprint density at radius 3 is 1.65 bits per heavy atom. The number of halogens is 1. The van der Waals surface area contributed by atoms with Crippen molar-refractivity contribution in [2.24, 2.45) is 0 Å². The van der Waals surface area contributed by atoms with Gasteiger partial charge in [-0.1, -0.05) is 84.1 Å². The summed E-state index contributed by atoms with van der Waals surface area (Å²) in [6.45, 7) is 8.20. The van der Waals surface area contributed by atoms with Crippen molar-refractivity contribution in [1.82, 2.24) is 0 Å². The van der Waals surface area contributed by atoms with Gasteiger partial charge in [0.2, 0.25) is 0 Å². The fraction of sp³-hybridized carbons (Fsp3) is 0.864. The molecule has 0 aliphatic carbocycles. The lowest BCUT2D eigenvalue weighted by atomic mass is 10.0. The van der Waals surface area contributed by atoms with Gasteiger partial charge >= 0.3 is 5.97 Å². The third kappa shape index (κ3) is 20.0. The number of esters is 1. The zero-order valence-electron chi connectivity index (χ0n) is 17.7. The Labute approximate surface area is 173 Å². The van der Waals surface area contributed by atoms with Crippen LogP contribution in [0.25, 0.3) is 0 Å². The average Bonchev–Trinajstić information content (AvgIpc) is 2.58. The van der Waals surface area contributed by atoms with Gasteiger partial charge in [-0.15, -0.1) is 0 Å². The average molecular weight is 435 g/mol.